The number of ether oxygens (including phenoxy) is 1. The molecule has 2 heterocycles. The Morgan fingerprint density at radius 3 is 2.48 bits per heavy atom. The monoisotopic (exact) mass is 643 g/mol. The molecule has 2 N–H and O–H groups in total. The van der Waals surface area contributed by atoms with Crippen LogP contribution in [-0.4, -0.2) is 62.5 Å². The number of carbonyl (C=O) groups excluding carboxylic acids is 1. The van der Waals surface area contributed by atoms with E-state index in [-0.39, 0.29) is 22.9 Å². The van der Waals surface area contributed by atoms with Gasteiger partial charge in [-0.15, -0.1) is 0 Å². The van der Waals surface area contributed by atoms with Gasteiger partial charge in [0.15, 0.2) is 0 Å². The van der Waals surface area contributed by atoms with Crippen LogP contribution in [0.2, 0.25) is 0 Å². The summed E-state index contributed by atoms with van der Waals surface area (Å²) in [6, 6.07) is 10.9. The minimum atomic E-state index is -4.75. The average Bonchev–Trinajstić information content (AvgIpc) is 3.62. The number of hydrogen-bond acceptors (Lipinski definition) is 6. The second-order valence-corrected chi connectivity index (χ2v) is 12.0. The number of unbranched alkanes of at least 4 members (excludes halogenated alkanes) is 1. The number of aromatic nitrogens is 2. The van der Waals surface area contributed by atoms with Gasteiger partial charge in [0, 0.05) is 16.7 Å². The average molecular weight is 645 g/mol. The zero-order valence-corrected chi connectivity index (χ0v) is 24.1. The summed E-state index contributed by atoms with van der Waals surface area (Å²) in [7, 11) is -2.86. The fourth-order valence-corrected chi connectivity index (χ4v) is 6.40. The lowest BCUT2D eigenvalue weighted by Crippen LogP contribution is -2.33. The molecule has 1 aliphatic heterocycles. The first-order valence-electron chi connectivity index (χ1n) is 12.6. The lowest BCUT2D eigenvalue weighted by molar-refractivity contribution is -0.144. The molecule has 2 aromatic carbocycles. The van der Waals surface area contributed by atoms with Crippen molar-refractivity contribution in [1.82, 2.24) is 14.9 Å². The Morgan fingerprint density at radius 2 is 1.85 bits per heavy atom. The van der Waals surface area contributed by atoms with E-state index in [1.54, 1.807) is 24.3 Å². The number of nitrogens with zero attached hydrogens (tertiary/aromatic N) is 3. The van der Waals surface area contributed by atoms with Crippen molar-refractivity contribution >= 4 is 43.2 Å². The Balaban J connectivity index is 1.59. The van der Waals surface area contributed by atoms with Crippen LogP contribution in [0, 0.1) is 0 Å². The fourth-order valence-electron chi connectivity index (χ4n) is 4.45. The highest BCUT2D eigenvalue weighted by atomic mass is 79.9. The summed E-state index contributed by atoms with van der Waals surface area (Å²) in [6.45, 7) is 3.22. The number of nitrogens with one attached hydrogen (secondary N) is 2. The summed E-state index contributed by atoms with van der Waals surface area (Å²) in [5.41, 5.74) is 0.0809. The third kappa shape index (κ3) is 7.15. The van der Waals surface area contributed by atoms with E-state index < -0.39 is 33.6 Å². The highest BCUT2D eigenvalue weighted by Crippen LogP contribution is 2.33. The molecule has 0 bridgehead atoms. The van der Waals surface area contributed by atoms with Gasteiger partial charge < -0.3 is 19.9 Å². The van der Waals surface area contributed by atoms with Gasteiger partial charge in [-0.2, -0.15) is 13.2 Å². The number of halogens is 4. The first-order chi connectivity index (χ1) is 19.0. The predicted octanol–water partition coefficient (Wildman–Crippen LogP) is 5.52. The molecular formula is C26H29BrF3N5O4S. The van der Waals surface area contributed by atoms with Crippen molar-refractivity contribution < 1.29 is 31.1 Å². The van der Waals surface area contributed by atoms with Gasteiger partial charge in [0.2, 0.25) is 5.82 Å². The maximum absolute atomic E-state index is 14.0. The molecular weight excluding hydrogens is 615 g/mol. The summed E-state index contributed by atoms with van der Waals surface area (Å²) in [5, 5.41) is 2.43. The maximum atomic E-state index is 14.0. The van der Waals surface area contributed by atoms with E-state index in [0.29, 0.717) is 12.1 Å². The van der Waals surface area contributed by atoms with Crippen molar-refractivity contribution in [2.45, 2.75) is 36.8 Å². The van der Waals surface area contributed by atoms with Gasteiger partial charge in [-0.25, -0.2) is 13.4 Å². The van der Waals surface area contributed by atoms with E-state index in [9.17, 15) is 26.4 Å². The predicted molar refractivity (Wildman–Crippen MR) is 148 cm³/mol. The van der Waals surface area contributed by atoms with Gasteiger partial charge in [-0.1, -0.05) is 15.9 Å². The van der Waals surface area contributed by atoms with Crippen LogP contribution in [-0.2, 0) is 16.2 Å². The molecule has 216 valence electrons. The lowest BCUT2D eigenvalue weighted by Gasteiger charge is -2.26. The molecule has 0 atom stereocenters. The maximum Gasteiger partial charge on any atom is 0.449 e. The molecule has 14 heteroatoms. The van der Waals surface area contributed by atoms with E-state index in [1.165, 1.54) is 42.5 Å². The van der Waals surface area contributed by atoms with E-state index >= 15 is 0 Å². The van der Waals surface area contributed by atoms with Crippen LogP contribution in [0.1, 0.15) is 42.0 Å². The van der Waals surface area contributed by atoms with Gasteiger partial charge in [-0.05, 0) is 87.8 Å². The number of amides is 1. The highest BCUT2D eigenvalue weighted by molar-refractivity contribution is 9.10. The molecule has 0 saturated carbocycles. The van der Waals surface area contributed by atoms with Crippen molar-refractivity contribution in [1.29, 1.82) is 0 Å². The van der Waals surface area contributed by atoms with Crippen LogP contribution in [0.3, 0.4) is 0 Å². The topological polar surface area (TPSA) is 108 Å². The molecule has 1 aliphatic rings. The van der Waals surface area contributed by atoms with Crippen molar-refractivity contribution in [3.8, 4) is 5.75 Å². The van der Waals surface area contributed by atoms with Crippen molar-refractivity contribution in [3.63, 3.8) is 0 Å². The summed E-state index contributed by atoms with van der Waals surface area (Å²) in [6.07, 6.45) is -0.195. The minimum absolute atomic E-state index is 0.0531. The summed E-state index contributed by atoms with van der Waals surface area (Å²) in [4.78, 5) is 19.9. The second kappa shape index (κ2) is 12.6. The first kappa shape index (κ1) is 29.9. The van der Waals surface area contributed by atoms with Crippen molar-refractivity contribution in [3.05, 3.63) is 64.7 Å². The van der Waals surface area contributed by atoms with Gasteiger partial charge in [0.05, 0.1) is 19.0 Å². The van der Waals surface area contributed by atoms with Crippen LogP contribution in [0.25, 0.3) is 0 Å². The third-order valence-electron chi connectivity index (χ3n) is 6.48. The van der Waals surface area contributed by atoms with Gasteiger partial charge in [-0.3, -0.25) is 9.10 Å². The SMILES string of the molecule is COc1ccc(NC(=O)c2cnc(C(F)(F)F)[nH]2)cc1S(=O)(=O)N(CCCCN1CCCC1)c1ccc(Br)cc1. The molecule has 1 saturated heterocycles. The molecule has 1 amide bonds. The van der Waals surface area contributed by atoms with Gasteiger partial charge in [0.25, 0.3) is 15.9 Å². The lowest BCUT2D eigenvalue weighted by atomic mass is 10.2. The molecule has 40 heavy (non-hydrogen) atoms. The number of alkyl halides is 3. The molecule has 1 aromatic heterocycles. The highest BCUT2D eigenvalue weighted by Gasteiger charge is 2.35. The molecule has 9 nitrogen and oxygen atoms in total. The Bertz CT molecular complexity index is 1420. The number of aromatic amines is 1. The Kier molecular flexibility index (Phi) is 9.41. The minimum Gasteiger partial charge on any atom is -0.495 e. The number of benzene rings is 2. The Labute approximate surface area is 238 Å². The second-order valence-electron chi connectivity index (χ2n) is 9.27. The van der Waals surface area contributed by atoms with Crippen LogP contribution >= 0.6 is 15.9 Å². The number of carbonyl (C=O) groups is 1. The third-order valence-corrected chi connectivity index (χ3v) is 8.85. The van der Waals surface area contributed by atoms with Gasteiger partial charge in [0.1, 0.15) is 16.3 Å². The van der Waals surface area contributed by atoms with E-state index in [4.69, 9.17) is 4.74 Å². The molecule has 0 aliphatic carbocycles. The summed E-state index contributed by atoms with van der Waals surface area (Å²) >= 11 is 3.38. The molecule has 0 spiro atoms. The Morgan fingerprint density at radius 1 is 1.15 bits per heavy atom. The molecule has 0 radical (unpaired) electrons. The van der Waals surface area contributed by atoms with E-state index in [0.717, 1.165) is 36.7 Å². The number of H-pyrrole nitrogens is 1. The summed E-state index contributed by atoms with van der Waals surface area (Å²) < 4.78 is 74.1. The number of methoxy groups -OCH3 is 1. The summed E-state index contributed by atoms with van der Waals surface area (Å²) in [5.74, 6) is -2.17. The normalized spacial score (nSPS) is 14.3. The number of imidazole rings is 1. The van der Waals surface area contributed by atoms with Gasteiger partial charge >= 0.3 is 6.18 Å². The number of hydrogen-bond donors (Lipinski definition) is 2. The van der Waals surface area contributed by atoms with E-state index in [1.807, 2.05) is 4.98 Å². The largest absolute Gasteiger partial charge is 0.495 e. The molecule has 3 aromatic rings. The van der Waals surface area contributed by atoms with Crippen LogP contribution < -0.4 is 14.4 Å². The molecule has 0 unspecified atom stereocenters. The smallest absolute Gasteiger partial charge is 0.449 e. The number of rotatable bonds is 11. The quantitative estimate of drug-likeness (QED) is 0.266. The fraction of sp³-hybridized carbons (Fsp3) is 0.385. The zero-order valence-electron chi connectivity index (χ0n) is 21.7. The van der Waals surface area contributed by atoms with Crippen LogP contribution in [0.5, 0.6) is 5.75 Å². The zero-order chi connectivity index (χ0) is 28.9. The number of likely N-dealkylation sites (tertiary alicyclic amines) is 1. The standard InChI is InChI=1S/C26H29BrF3N5O4S/c1-39-22-11-8-19(32-24(36)21-17-31-25(33-21)26(28,29)30)16-23(22)40(37,38)35(20-9-6-18(27)7-10-20)15-5-4-14-34-12-2-3-13-34/h6-11,16-17H,2-5,12-15H2,1H3,(H,31,33)(H,32,36). The van der Waals surface area contributed by atoms with Crippen LogP contribution in [0.4, 0.5) is 24.5 Å². The van der Waals surface area contributed by atoms with E-state index in [2.05, 4.69) is 31.1 Å². The molecule has 1 fully saturated rings. The molecule has 4 rings (SSSR count). The van der Waals surface area contributed by atoms with Crippen molar-refractivity contribution in [2.75, 3.05) is 42.9 Å². The number of sulfonamides is 1. The van der Waals surface area contributed by atoms with Crippen LogP contribution in [0.15, 0.2) is 58.0 Å². The van der Waals surface area contributed by atoms with Crippen molar-refractivity contribution in [2.24, 2.45) is 0 Å². The Hall–Kier alpha value is -3.10. The number of anilines is 2. The first-order valence-corrected chi connectivity index (χ1v) is 14.8.